The minimum atomic E-state index is -0.559. The Balaban J connectivity index is 1.90. The van der Waals surface area contributed by atoms with E-state index >= 15 is 0 Å². The van der Waals surface area contributed by atoms with Gasteiger partial charge in [-0.2, -0.15) is 0 Å². The highest BCUT2D eigenvalue weighted by atomic mass is 16.2. The summed E-state index contributed by atoms with van der Waals surface area (Å²) in [5.41, 5.74) is 13.8. The molecule has 2 unspecified atom stereocenters. The zero-order chi connectivity index (χ0) is 20.2. The van der Waals surface area contributed by atoms with Gasteiger partial charge in [0.25, 0.3) is 0 Å². The zero-order valence-electron chi connectivity index (χ0n) is 17.7. The van der Waals surface area contributed by atoms with Gasteiger partial charge < -0.3 is 15.6 Å². The van der Waals surface area contributed by atoms with Crippen LogP contribution in [-0.2, 0) is 11.2 Å². The number of carbonyl (C=O) groups is 1. The van der Waals surface area contributed by atoms with Crippen molar-refractivity contribution in [2.45, 2.75) is 46.2 Å². The van der Waals surface area contributed by atoms with E-state index in [2.05, 4.69) is 55.8 Å². The molecule has 0 fully saturated rings. The first-order chi connectivity index (χ1) is 13.3. The van der Waals surface area contributed by atoms with Crippen molar-refractivity contribution >= 4 is 22.4 Å². The van der Waals surface area contributed by atoms with E-state index in [4.69, 9.17) is 5.73 Å². The SMILES string of the molecule is CCCN(C)C(=O)C1C=C2c3ccc(C)c4[nH]c(C)c(c34)CC2(N)N(CC)C1. The molecule has 5 nitrogen and oxygen atoms in total. The van der Waals surface area contributed by atoms with Crippen LogP contribution in [-0.4, -0.2) is 53.0 Å². The number of benzene rings is 1. The normalized spacial score (nSPS) is 24.2. The van der Waals surface area contributed by atoms with Crippen molar-refractivity contribution in [2.24, 2.45) is 11.7 Å². The summed E-state index contributed by atoms with van der Waals surface area (Å²) in [6.07, 6.45) is 3.91. The number of likely N-dealkylation sites (N-methyl/N-ethyl adjacent to an activating group) is 1. The lowest BCUT2D eigenvalue weighted by atomic mass is 9.74. The highest BCUT2D eigenvalue weighted by Gasteiger charge is 2.46. The molecule has 1 aliphatic carbocycles. The quantitative estimate of drug-likeness (QED) is 0.856. The van der Waals surface area contributed by atoms with Gasteiger partial charge in [0.05, 0.1) is 11.6 Å². The molecule has 2 heterocycles. The number of hydrogen-bond acceptors (Lipinski definition) is 3. The Labute approximate surface area is 167 Å². The Morgan fingerprint density at radius 1 is 1.36 bits per heavy atom. The number of H-pyrrole nitrogens is 1. The summed E-state index contributed by atoms with van der Waals surface area (Å²) in [6, 6.07) is 4.35. The van der Waals surface area contributed by atoms with E-state index in [1.807, 2.05) is 11.9 Å². The summed E-state index contributed by atoms with van der Waals surface area (Å²) in [6.45, 7) is 10.8. The van der Waals surface area contributed by atoms with Gasteiger partial charge in [0, 0.05) is 43.2 Å². The molecule has 0 saturated carbocycles. The van der Waals surface area contributed by atoms with Gasteiger partial charge in [-0.3, -0.25) is 9.69 Å². The van der Waals surface area contributed by atoms with E-state index in [1.165, 1.54) is 33.3 Å². The second kappa shape index (κ2) is 6.75. The molecule has 0 bridgehead atoms. The van der Waals surface area contributed by atoms with Crippen LogP contribution < -0.4 is 5.73 Å². The average Bonchev–Trinajstić information content (AvgIpc) is 3.00. The third kappa shape index (κ3) is 2.64. The first kappa shape index (κ1) is 19.2. The summed E-state index contributed by atoms with van der Waals surface area (Å²) in [5.74, 6) is 0.0374. The van der Waals surface area contributed by atoms with Crippen LogP contribution in [0.25, 0.3) is 16.5 Å². The van der Waals surface area contributed by atoms with Crippen LogP contribution in [0.15, 0.2) is 18.2 Å². The number of nitrogens with zero attached hydrogens (tertiary/aromatic N) is 2. The van der Waals surface area contributed by atoms with Gasteiger partial charge in [-0.15, -0.1) is 0 Å². The van der Waals surface area contributed by atoms with E-state index in [0.717, 1.165) is 31.5 Å². The topological polar surface area (TPSA) is 65.4 Å². The third-order valence-corrected chi connectivity index (χ3v) is 6.67. The number of hydrogen-bond donors (Lipinski definition) is 2. The molecule has 2 atom stereocenters. The molecule has 3 N–H and O–H groups in total. The maximum atomic E-state index is 13.1. The third-order valence-electron chi connectivity index (χ3n) is 6.67. The zero-order valence-corrected chi connectivity index (χ0v) is 17.7. The number of carbonyl (C=O) groups excluding carboxylic acids is 1. The van der Waals surface area contributed by atoms with Crippen LogP contribution in [0.3, 0.4) is 0 Å². The predicted octanol–water partition coefficient (Wildman–Crippen LogP) is 3.20. The average molecular weight is 381 g/mol. The molecule has 0 saturated heterocycles. The fourth-order valence-electron chi connectivity index (χ4n) is 5.13. The van der Waals surface area contributed by atoms with Gasteiger partial charge >= 0.3 is 0 Å². The molecule has 4 rings (SSSR count). The van der Waals surface area contributed by atoms with Crippen LogP contribution in [0.2, 0.25) is 0 Å². The van der Waals surface area contributed by atoms with E-state index < -0.39 is 5.66 Å². The van der Waals surface area contributed by atoms with Crippen LogP contribution in [0.4, 0.5) is 0 Å². The monoisotopic (exact) mass is 380 g/mol. The number of aromatic amines is 1. The maximum Gasteiger partial charge on any atom is 0.230 e. The largest absolute Gasteiger partial charge is 0.358 e. The molecule has 1 aromatic heterocycles. The molecule has 0 radical (unpaired) electrons. The van der Waals surface area contributed by atoms with E-state index in [1.54, 1.807) is 0 Å². The number of rotatable bonds is 4. The Bertz CT molecular complexity index is 973. The number of aryl methyl sites for hydroxylation is 2. The molecule has 28 heavy (non-hydrogen) atoms. The highest BCUT2D eigenvalue weighted by Crippen LogP contribution is 2.46. The predicted molar refractivity (Wildman–Crippen MR) is 115 cm³/mol. The van der Waals surface area contributed by atoms with Gasteiger partial charge in [0.1, 0.15) is 0 Å². The lowest BCUT2D eigenvalue weighted by Crippen LogP contribution is -2.63. The van der Waals surface area contributed by atoms with Crippen molar-refractivity contribution in [3.8, 4) is 0 Å². The molecule has 1 aliphatic heterocycles. The summed E-state index contributed by atoms with van der Waals surface area (Å²) >= 11 is 0. The molecule has 0 spiro atoms. The van der Waals surface area contributed by atoms with Crippen LogP contribution >= 0.6 is 0 Å². The fraction of sp³-hybridized carbons (Fsp3) is 0.522. The lowest BCUT2D eigenvalue weighted by molar-refractivity contribution is -0.133. The number of nitrogens with two attached hydrogens (primary N) is 1. The first-order valence-corrected chi connectivity index (χ1v) is 10.4. The van der Waals surface area contributed by atoms with Crippen molar-refractivity contribution in [3.05, 3.63) is 40.6 Å². The molecular formula is C23H32N4O. The van der Waals surface area contributed by atoms with E-state index in [-0.39, 0.29) is 11.8 Å². The molecule has 150 valence electrons. The van der Waals surface area contributed by atoms with Crippen molar-refractivity contribution < 1.29 is 4.79 Å². The van der Waals surface area contributed by atoms with Crippen LogP contribution in [0.5, 0.6) is 0 Å². The van der Waals surface area contributed by atoms with Crippen molar-refractivity contribution in [1.82, 2.24) is 14.8 Å². The van der Waals surface area contributed by atoms with Gasteiger partial charge in [0.15, 0.2) is 0 Å². The minimum Gasteiger partial charge on any atom is -0.358 e. The van der Waals surface area contributed by atoms with Gasteiger partial charge in [-0.05, 0) is 49.1 Å². The fourth-order valence-corrected chi connectivity index (χ4v) is 5.13. The number of amides is 1. The van der Waals surface area contributed by atoms with Crippen LogP contribution in [0, 0.1) is 19.8 Å². The summed E-state index contributed by atoms with van der Waals surface area (Å²) < 4.78 is 0. The molecule has 2 aromatic rings. The summed E-state index contributed by atoms with van der Waals surface area (Å²) in [5, 5.41) is 1.29. The summed E-state index contributed by atoms with van der Waals surface area (Å²) in [4.78, 5) is 20.8. The van der Waals surface area contributed by atoms with Gasteiger partial charge in [-0.1, -0.05) is 32.1 Å². The molecule has 1 aromatic carbocycles. The molecular weight excluding hydrogens is 348 g/mol. The van der Waals surface area contributed by atoms with Crippen molar-refractivity contribution in [3.63, 3.8) is 0 Å². The van der Waals surface area contributed by atoms with Crippen LogP contribution in [0.1, 0.15) is 42.7 Å². The van der Waals surface area contributed by atoms with Crippen molar-refractivity contribution in [1.29, 1.82) is 0 Å². The molecule has 1 amide bonds. The van der Waals surface area contributed by atoms with E-state index in [9.17, 15) is 4.79 Å². The second-order valence-corrected chi connectivity index (χ2v) is 8.49. The first-order valence-electron chi connectivity index (χ1n) is 10.4. The smallest absolute Gasteiger partial charge is 0.230 e. The summed E-state index contributed by atoms with van der Waals surface area (Å²) in [7, 11) is 1.91. The standard InChI is InChI=1S/C23H32N4O/c1-6-10-26(5)22(28)16-11-19-17-9-8-14(3)21-20(17)18(15(4)25-21)12-23(19,24)27(7-2)13-16/h8-9,11,16,25H,6-7,10,12-13,24H2,1-5H3. The van der Waals surface area contributed by atoms with E-state index in [0.29, 0.717) is 6.54 Å². The Morgan fingerprint density at radius 3 is 2.79 bits per heavy atom. The molecule has 5 heteroatoms. The maximum absolute atomic E-state index is 13.1. The Hall–Kier alpha value is -2.11. The highest BCUT2D eigenvalue weighted by molar-refractivity contribution is 6.02. The van der Waals surface area contributed by atoms with Crippen molar-refractivity contribution in [2.75, 3.05) is 26.7 Å². The Morgan fingerprint density at radius 2 is 2.11 bits per heavy atom. The lowest BCUT2D eigenvalue weighted by Gasteiger charge is -2.49. The number of fused-ring (bicyclic) bond motifs is 2. The molecule has 2 aliphatic rings. The van der Waals surface area contributed by atoms with Gasteiger partial charge in [-0.25, -0.2) is 0 Å². The van der Waals surface area contributed by atoms with Gasteiger partial charge in [0.2, 0.25) is 5.91 Å². The second-order valence-electron chi connectivity index (χ2n) is 8.49. The number of aromatic nitrogens is 1. The Kier molecular flexibility index (Phi) is 4.63. The minimum absolute atomic E-state index is 0.152. The number of nitrogens with one attached hydrogen (secondary N) is 1.